The molecule has 5 heteroatoms. The molecule has 0 saturated heterocycles. The van der Waals surface area contributed by atoms with Crippen molar-refractivity contribution >= 4 is 0 Å². The van der Waals surface area contributed by atoms with Crippen LogP contribution in [0.1, 0.15) is 52.3 Å². The van der Waals surface area contributed by atoms with E-state index in [2.05, 4.69) is 28.9 Å². The number of nitrogens with two attached hydrogens (primary N) is 1. The van der Waals surface area contributed by atoms with Crippen LogP contribution in [0.3, 0.4) is 0 Å². The third-order valence-corrected chi connectivity index (χ3v) is 2.68. The van der Waals surface area contributed by atoms with Gasteiger partial charge in [-0.2, -0.15) is 4.98 Å². The predicted molar refractivity (Wildman–Crippen MR) is 67.4 cm³/mol. The number of rotatable bonds is 7. The summed E-state index contributed by atoms with van der Waals surface area (Å²) in [6, 6.07) is 0. The van der Waals surface area contributed by atoms with E-state index in [4.69, 9.17) is 10.3 Å². The molecule has 1 rings (SSSR count). The lowest BCUT2D eigenvalue weighted by atomic mass is 10.1. The molecule has 1 heterocycles. The van der Waals surface area contributed by atoms with Gasteiger partial charge in [0.2, 0.25) is 5.89 Å². The maximum absolute atomic E-state index is 5.92. The van der Waals surface area contributed by atoms with Crippen molar-refractivity contribution in [1.29, 1.82) is 0 Å². The first-order valence-electron chi connectivity index (χ1n) is 6.31. The second kappa shape index (κ2) is 6.12. The van der Waals surface area contributed by atoms with E-state index in [0.717, 1.165) is 13.1 Å². The van der Waals surface area contributed by atoms with Crippen molar-refractivity contribution in [2.45, 2.75) is 52.6 Å². The van der Waals surface area contributed by atoms with Crippen LogP contribution < -0.4 is 5.73 Å². The standard InChI is InChI=1S/C12H24N4O/c1-5-7-8-16(6-2)9-10-14-11(15-17-10)12(3,4)13/h5-9,13H2,1-4H3. The summed E-state index contributed by atoms with van der Waals surface area (Å²) in [6.07, 6.45) is 2.39. The highest BCUT2D eigenvalue weighted by molar-refractivity contribution is 4.98. The van der Waals surface area contributed by atoms with E-state index in [1.807, 2.05) is 13.8 Å². The molecule has 0 aromatic carbocycles. The van der Waals surface area contributed by atoms with Gasteiger partial charge in [0.1, 0.15) is 0 Å². The topological polar surface area (TPSA) is 68.2 Å². The van der Waals surface area contributed by atoms with Crippen LogP contribution in [0.2, 0.25) is 0 Å². The van der Waals surface area contributed by atoms with Gasteiger partial charge in [0.25, 0.3) is 0 Å². The average Bonchev–Trinajstić information content (AvgIpc) is 2.72. The molecule has 0 fully saturated rings. The molecule has 0 aliphatic heterocycles. The van der Waals surface area contributed by atoms with Crippen molar-refractivity contribution in [2.75, 3.05) is 13.1 Å². The van der Waals surface area contributed by atoms with Gasteiger partial charge in [-0.05, 0) is 33.4 Å². The fourth-order valence-electron chi connectivity index (χ4n) is 1.50. The summed E-state index contributed by atoms with van der Waals surface area (Å²) in [5, 5.41) is 3.92. The van der Waals surface area contributed by atoms with Crippen molar-refractivity contribution in [2.24, 2.45) is 5.73 Å². The number of aromatic nitrogens is 2. The van der Waals surface area contributed by atoms with Gasteiger partial charge in [0.15, 0.2) is 5.82 Å². The summed E-state index contributed by atoms with van der Waals surface area (Å²) in [6.45, 7) is 10.8. The van der Waals surface area contributed by atoms with Gasteiger partial charge >= 0.3 is 0 Å². The molecular weight excluding hydrogens is 216 g/mol. The Morgan fingerprint density at radius 3 is 2.53 bits per heavy atom. The number of hydrogen-bond donors (Lipinski definition) is 1. The molecule has 0 radical (unpaired) electrons. The molecule has 0 bridgehead atoms. The Bertz CT molecular complexity index is 329. The number of unbranched alkanes of at least 4 members (excludes halogenated alkanes) is 1. The lowest BCUT2D eigenvalue weighted by Crippen LogP contribution is -2.30. The first-order valence-corrected chi connectivity index (χ1v) is 6.31. The van der Waals surface area contributed by atoms with Crippen molar-refractivity contribution in [3.8, 4) is 0 Å². The fourth-order valence-corrected chi connectivity index (χ4v) is 1.50. The predicted octanol–water partition coefficient (Wildman–Crippen LogP) is 1.89. The highest BCUT2D eigenvalue weighted by Gasteiger charge is 2.21. The van der Waals surface area contributed by atoms with E-state index in [0.29, 0.717) is 18.3 Å². The first-order chi connectivity index (χ1) is 7.97. The third-order valence-electron chi connectivity index (χ3n) is 2.68. The SMILES string of the molecule is CCCCN(CC)Cc1nc(C(C)(C)N)no1. The molecule has 0 amide bonds. The van der Waals surface area contributed by atoms with Gasteiger partial charge < -0.3 is 10.3 Å². The van der Waals surface area contributed by atoms with Gasteiger partial charge in [-0.3, -0.25) is 4.90 Å². The molecule has 2 N–H and O–H groups in total. The Morgan fingerprint density at radius 2 is 2.06 bits per heavy atom. The summed E-state index contributed by atoms with van der Waals surface area (Å²) in [5.41, 5.74) is 5.38. The maximum atomic E-state index is 5.92. The Kier molecular flexibility index (Phi) is 5.08. The fraction of sp³-hybridized carbons (Fsp3) is 0.833. The third kappa shape index (κ3) is 4.44. The van der Waals surface area contributed by atoms with Crippen LogP contribution in [-0.2, 0) is 12.1 Å². The second-order valence-corrected chi connectivity index (χ2v) is 4.96. The van der Waals surface area contributed by atoms with Crippen LogP contribution in [-0.4, -0.2) is 28.1 Å². The summed E-state index contributed by atoms with van der Waals surface area (Å²) in [5.74, 6) is 1.22. The molecule has 5 nitrogen and oxygen atoms in total. The Labute approximate surface area is 103 Å². The van der Waals surface area contributed by atoms with Crippen LogP contribution in [0.4, 0.5) is 0 Å². The van der Waals surface area contributed by atoms with Crippen molar-refractivity contribution < 1.29 is 4.52 Å². The quantitative estimate of drug-likeness (QED) is 0.788. The molecule has 0 aliphatic rings. The van der Waals surface area contributed by atoms with Crippen LogP contribution in [0.15, 0.2) is 4.52 Å². The molecule has 0 spiro atoms. The normalized spacial score (nSPS) is 12.4. The van der Waals surface area contributed by atoms with Crippen molar-refractivity contribution in [3.63, 3.8) is 0 Å². The summed E-state index contributed by atoms with van der Waals surface area (Å²) in [7, 11) is 0. The van der Waals surface area contributed by atoms with E-state index in [1.54, 1.807) is 0 Å². The number of nitrogens with zero attached hydrogens (tertiary/aromatic N) is 3. The Morgan fingerprint density at radius 1 is 1.35 bits per heavy atom. The zero-order chi connectivity index (χ0) is 12.9. The van der Waals surface area contributed by atoms with Gasteiger partial charge in [-0.25, -0.2) is 0 Å². The summed E-state index contributed by atoms with van der Waals surface area (Å²) < 4.78 is 5.22. The number of hydrogen-bond acceptors (Lipinski definition) is 5. The minimum atomic E-state index is -0.539. The molecule has 0 unspecified atom stereocenters. The average molecular weight is 240 g/mol. The van der Waals surface area contributed by atoms with Gasteiger partial charge in [0.05, 0.1) is 12.1 Å². The molecule has 17 heavy (non-hydrogen) atoms. The van der Waals surface area contributed by atoms with E-state index in [-0.39, 0.29) is 0 Å². The van der Waals surface area contributed by atoms with Crippen LogP contribution >= 0.6 is 0 Å². The molecule has 0 atom stereocenters. The minimum Gasteiger partial charge on any atom is -0.338 e. The zero-order valence-corrected chi connectivity index (χ0v) is 11.4. The minimum absolute atomic E-state index is 0.539. The van der Waals surface area contributed by atoms with Gasteiger partial charge in [-0.15, -0.1) is 0 Å². The monoisotopic (exact) mass is 240 g/mol. The van der Waals surface area contributed by atoms with Gasteiger partial charge in [0, 0.05) is 0 Å². The molecule has 1 aromatic rings. The Hall–Kier alpha value is -0.940. The smallest absolute Gasteiger partial charge is 0.240 e. The highest BCUT2D eigenvalue weighted by Crippen LogP contribution is 2.13. The molecule has 0 saturated carbocycles. The largest absolute Gasteiger partial charge is 0.338 e. The lowest BCUT2D eigenvalue weighted by molar-refractivity contribution is 0.232. The van der Waals surface area contributed by atoms with E-state index < -0.39 is 5.54 Å². The van der Waals surface area contributed by atoms with E-state index in [9.17, 15) is 0 Å². The first kappa shape index (κ1) is 14.1. The van der Waals surface area contributed by atoms with E-state index >= 15 is 0 Å². The highest BCUT2D eigenvalue weighted by atomic mass is 16.5. The van der Waals surface area contributed by atoms with Crippen LogP contribution in [0, 0.1) is 0 Å². The molecule has 0 aliphatic carbocycles. The van der Waals surface area contributed by atoms with Crippen molar-refractivity contribution in [3.05, 3.63) is 11.7 Å². The summed E-state index contributed by atoms with van der Waals surface area (Å²) >= 11 is 0. The Balaban J connectivity index is 2.58. The molecule has 1 aromatic heterocycles. The zero-order valence-electron chi connectivity index (χ0n) is 11.4. The summed E-state index contributed by atoms with van der Waals surface area (Å²) in [4.78, 5) is 6.63. The van der Waals surface area contributed by atoms with Crippen LogP contribution in [0.5, 0.6) is 0 Å². The molecule has 98 valence electrons. The molecular formula is C12H24N4O. The lowest BCUT2D eigenvalue weighted by Gasteiger charge is -2.17. The van der Waals surface area contributed by atoms with Gasteiger partial charge in [-0.1, -0.05) is 25.4 Å². The van der Waals surface area contributed by atoms with Crippen LogP contribution in [0.25, 0.3) is 0 Å². The van der Waals surface area contributed by atoms with E-state index in [1.165, 1.54) is 12.8 Å². The second-order valence-electron chi connectivity index (χ2n) is 4.96. The van der Waals surface area contributed by atoms with Crippen molar-refractivity contribution in [1.82, 2.24) is 15.0 Å². The maximum Gasteiger partial charge on any atom is 0.240 e.